The summed E-state index contributed by atoms with van der Waals surface area (Å²) in [5.41, 5.74) is 3.50. The number of hydrogen-bond donors (Lipinski definition) is 1. The number of nitrogens with one attached hydrogen (secondary N) is 1. The molecule has 0 saturated heterocycles. The number of carbonyl (C=O) groups excluding carboxylic acids is 1. The number of pyridine rings is 1. The summed E-state index contributed by atoms with van der Waals surface area (Å²) < 4.78 is 7.37. The summed E-state index contributed by atoms with van der Waals surface area (Å²) in [5.74, 6) is 0.438. The van der Waals surface area contributed by atoms with E-state index in [1.165, 1.54) is 0 Å². The van der Waals surface area contributed by atoms with Gasteiger partial charge in [0.1, 0.15) is 17.5 Å². The lowest BCUT2D eigenvalue weighted by Gasteiger charge is -2.09. The van der Waals surface area contributed by atoms with E-state index in [1.807, 2.05) is 72.8 Å². The van der Waals surface area contributed by atoms with Crippen molar-refractivity contribution in [3.8, 4) is 11.4 Å². The third-order valence-electron chi connectivity index (χ3n) is 4.70. The Bertz CT molecular complexity index is 1180. The van der Waals surface area contributed by atoms with Crippen LogP contribution in [0.15, 0.2) is 79.0 Å². The van der Waals surface area contributed by atoms with Gasteiger partial charge in [0.05, 0.1) is 22.6 Å². The third kappa shape index (κ3) is 4.92. The Morgan fingerprint density at radius 3 is 2.65 bits per heavy atom. The average molecular weight is 433 g/mol. The van der Waals surface area contributed by atoms with Crippen LogP contribution in [0.4, 0.5) is 0 Å². The van der Waals surface area contributed by atoms with Crippen LogP contribution in [0.3, 0.4) is 0 Å². The molecule has 0 fully saturated rings. The number of aromatic nitrogens is 3. The van der Waals surface area contributed by atoms with E-state index in [0.717, 1.165) is 16.9 Å². The molecule has 0 saturated carbocycles. The minimum atomic E-state index is -0.274. The van der Waals surface area contributed by atoms with E-state index >= 15 is 0 Å². The summed E-state index contributed by atoms with van der Waals surface area (Å²) in [6.07, 6.45) is 1.73. The predicted octanol–water partition coefficient (Wildman–Crippen LogP) is 4.74. The maximum Gasteiger partial charge on any atom is 0.256 e. The first kappa shape index (κ1) is 20.6. The van der Waals surface area contributed by atoms with Gasteiger partial charge in [-0.05, 0) is 48.9 Å². The Labute approximate surface area is 185 Å². The molecule has 0 aliphatic heterocycles. The topological polar surface area (TPSA) is 69.0 Å². The molecule has 0 unspecified atom stereocenters. The van der Waals surface area contributed by atoms with Crippen LogP contribution in [0, 0.1) is 6.92 Å². The van der Waals surface area contributed by atoms with Crippen LogP contribution < -0.4 is 10.1 Å². The summed E-state index contributed by atoms with van der Waals surface area (Å²) in [6.45, 7) is 2.49. The average Bonchev–Trinajstić information content (AvgIpc) is 3.11. The highest BCUT2D eigenvalue weighted by Crippen LogP contribution is 2.23. The summed E-state index contributed by atoms with van der Waals surface area (Å²) in [7, 11) is 0. The summed E-state index contributed by atoms with van der Waals surface area (Å²) >= 11 is 6.48. The van der Waals surface area contributed by atoms with Crippen LogP contribution in [-0.4, -0.2) is 20.7 Å². The maximum absolute atomic E-state index is 12.8. The van der Waals surface area contributed by atoms with Crippen LogP contribution in [0.1, 0.15) is 27.3 Å². The van der Waals surface area contributed by atoms with Crippen molar-refractivity contribution in [3.05, 3.63) is 107 Å². The van der Waals surface area contributed by atoms with Gasteiger partial charge < -0.3 is 10.1 Å². The maximum atomic E-state index is 12.8. The first-order valence-corrected chi connectivity index (χ1v) is 10.2. The molecule has 0 radical (unpaired) electrons. The van der Waals surface area contributed by atoms with E-state index in [0.29, 0.717) is 30.2 Å². The lowest BCUT2D eigenvalue weighted by Crippen LogP contribution is -2.23. The van der Waals surface area contributed by atoms with E-state index in [1.54, 1.807) is 17.8 Å². The molecule has 2 aromatic carbocycles. The van der Waals surface area contributed by atoms with E-state index in [2.05, 4.69) is 15.4 Å². The lowest BCUT2D eigenvalue weighted by molar-refractivity contribution is 0.0950. The number of ether oxygens (including phenoxy) is 1. The monoisotopic (exact) mass is 432 g/mol. The molecule has 0 spiro atoms. The Balaban J connectivity index is 1.42. The molecule has 4 aromatic rings. The zero-order valence-corrected chi connectivity index (χ0v) is 17.7. The number of benzene rings is 2. The molecule has 0 bridgehead atoms. The fourth-order valence-electron chi connectivity index (χ4n) is 3.15. The van der Waals surface area contributed by atoms with Gasteiger partial charge in [-0.2, -0.15) is 5.10 Å². The smallest absolute Gasteiger partial charge is 0.256 e. The van der Waals surface area contributed by atoms with Crippen molar-refractivity contribution in [3.63, 3.8) is 0 Å². The van der Waals surface area contributed by atoms with E-state index in [9.17, 15) is 4.79 Å². The lowest BCUT2D eigenvalue weighted by atomic mass is 10.2. The van der Waals surface area contributed by atoms with E-state index < -0.39 is 0 Å². The zero-order valence-electron chi connectivity index (χ0n) is 17.0. The largest absolute Gasteiger partial charge is 0.487 e. The van der Waals surface area contributed by atoms with Gasteiger partial charge in [-0.25, -0.2) is 4.68 Å². The number of carbonyl (C=O) groups is 1. The van der Waals surface area contributed by atoms with Gasteiger partial charge in [0.15, 0.2) is 0 Å². The standard InChI is InChI=1S/C24H21ClN4O2/c1-17-22(23(25)29(28-17)20-10-3-2-4-11-20)24(30)27-15-18-8-7-12-21(14-18)31-16-19-9-5-6-13-26-19/h2-14H,15-16H2,1H3,(H,27,30). The molecule has 1 amide bonds. The van der Waals surface area contributed by atoms with E-state index in [4.69, 9.17) is 16.3 Å². The highest BCUT2D eigenvalue weighted by molar-refractivity contribution is 6.33. The van der Waals surface area contributed by atoms with Crippen molar-refractivity contribution in [2.45, 2.75) is 20.1 Å². The number of rotatable bonds is 7. The highest BCUT2D eigenvalue weighted by Gasteiger charge is 2.20. The molecule has 6 nitrogen and oxygen atoms in total. The molecule has 0 aliphatic carbocycles. The van der Waals surface area contributed by atoms with Gasteiger partial charge in [-0.1, -0.05) is 48.0 Å². The van der Waals surface area contributed by atoms with Crippen LogP contribution in [0.5, 0.6) is 5.75 Å². The fraction of sp³-hybridized carbons (Fsp3) is 0.125. The van der Waals surface area contributed by atoms with E-state index in [-0.39, 0.29) is 11.1 Å². The second-order valence-corrected chi connectivity index (χ2v) is 7.30. The Kier molecular flexibility index (Phi) is 6.29. The number of amides is 1. The molecular weight excluding hydrogens is 412 g/mol. The zero-order chi connectivity index (χ0) is 21.6. The number of aryl methyl sites for hydroxylation is 1. The number of nitrogens with zero attached hydrogens (tertiary/aromatic N) is 3. The predicted molar refractivity (Wildman–Crippen MR) is 119 cm³/mol. The van der Waals surface area contributed by atoms with Gasteiger partial charge in [-0.3, -0.25) is 9.78 Å². The van der Waals surface area contributed by atoms with Gasteiger partial charge in [-0.15, -0.1) is 0 Å². The molecule has 7 heteroatoms. The number of para-hydroxylation sites is 1. The molecular formula is C24H21ClN4O2. The van der Waals surface area contributed by atoms with Crippen LogP contribution >= 0.6 is 11.6 Å². The molecule has 2 aromatic heterocycles. The molecule has 0 aliphatic rings. The van der Waals surface area contributed by atoms with Gasteiger partial charge in [0.25, 0.3) is 5.91 Å². The SMILES string of the molecule is Cc1nn(-c2ccccc2)c(Cl)c1C(=O)NCc1cccc(OCc2ccccn2)c1. The second-order valence-electron chi connectivity index (χ2n) is 6.94. The van der Waals surface area contributed by atoms with Crippen molar-refractivity contribution in [1.29, 1.82) is 0 Å². The van der Waals surface area contributed by atoms with Gasteiger partial charge in [0, 0.05) is 12.7 Å². The normalized spacial score (nSPS) is 10.6. The first-order chi connectivity index (χ1) is 15.1. The molecule has 1 N–H and O–H groups in total. The van der Waals surface area contributed by atoms with Crippen molar-refractivity contribution in [2.75, 3.05) is 0 Å². The highest BCUT2D eigenvalue weighted by atomic mass is 35.5. The minimum absolute atomic E-state index is 0.274. The first-order valence-electron chi connectivity index (χ1n) is 9.82. The molecule has 2 heterocycles. The van der Waals surface area contributed by atoms with Crippen molar-refractivity contribution >= 4 is 17.5 Å². The fourth-order valence-corrected chi connectivity index (χ4v) is 3.51. The molecule has 0 atom stereocenters. The molecule has 4 rings (SSSR count). The Morgan fingerprint density at radius 1 is 1.06 bits per heavy atom. The van der Waals surface area contributed by atoms with Crippen molar-refractivity contribution in [2.24, 2.45) is 0 Å². The van der Waals surface area contributed by atoms with Crippen LogP contribution in [0.25, 0.3) is 5.69 Å². The quantitative estimate of drug-likeness (QED) is 0.458. The summed E-state index contributed by atoms with van der Waals surface area (Å²) in [5, 5.41) is 7.63. The molecule has 156 valence electrons. The number of hydrogen-bond acceptors (Lipinski definition) is 4. The third-order valence-corrected chi connectivity index (χ3v) is 5.05. The summed E-state index contributed by atoms with van der Waals surface area (Å²) in [4.78, 5) is 17.1. The number of halogens is 1. The van der Waals surface area contributed by atoms with Gasteiger partial charge >= 0.3 is 0 Å². The van der Waals surface area contributed by atoms with Crippen LogP contribution in [-0.2, 0) is 13.2 Å². The van der Waals surface area contributed by atoms with Gasteiger partial charge in [0.2, 0.25) is 0 Å². The molecule has 31 heavy (non-hydrogen) atoms. The van der Waals surface area contributed by atoms with Crippen LogP contribution in [0.2, 0.25) is 5.15 Å². The minimum Gasteiger partial charge on any atom is -0.487 e. The second kappa shape index (κ2) is 9.45. The Hall–Kier alpha value is -3.64. The Morgan fingerprint density at radius 2 is 1.87 bits per heavy atom. The summed E-state index contributed by atoms with van der Waals surface area (Å²) in [6, 6.07) is 22.8. The van der Waals surface area contributed by atoms with Crippen molar-refractivity contribution in [1.82, 2.24) is 20.1 Å². The van der Waals surface area contributed by atoms with Crippen molar-refractivity contribution < 1.29 is 9.53 Å².